The molecule has 1 fully saturated rings. The van der Waals surface area contributed by atoms with Crippen LogP contribution in [0.1, 0.15) is 45.7 Å². The molecule has 2 heterocycles. The number of methoxy groups -OCH3 is 1. The van der Waals surface area contributed by atoms with Gasteiger partial charge in [-0.15, -0.1) is 0 Å². The van der Waals surface area contributed by atoms with Crippen LogP contribution in [-0.2, 0) is 14.3 Å². The van der Waals surface area contributed by atoms with Crippen molar-refractivity contribution in [1.29, 1.82) is 5.26 Å². The molecular weight excluding hydrogens is 394 g/mol. The minimum atomic E-state index is -0.410. The second kappa shape index (κ2) is 9.63. The number of benzene rings is 1. The Labute approximate surface area is 182 Å². The van der Waals surface area contributed by atoms with Crippen molar-refractivity contribution >= 4 is 18.0 Å². The largest absolute Gasteiger partial charge is 0.465 e. The van der Waals surface area contributed by atoms with E-state index in [0.717, 1.165) is 41.0 Å². The fraction of sp³-hybridized carbons (Fsp3) is 0.375. The molecule has 0 aliphatic carbocycles. The number of nitrogens with one attached hydrogen (secondary N) is 1. The summed E-state index contributed by atoms with van der Waals surface area (Å²) in [7, 11) is 1.36. The number of nitriles is 1. The summed E-state index contributed by atoms with van der Waals surface area (Å²) in [6, 6.07) is 9.38. The maximum absolute atomic E-state index is 12.5. The fourth-order valence-electron chi connectivity index (χ4n) is 3.91. The highest BCUT2D eigenvalue weighted by molar-refractivity contribution is 6.01. The van der Waals surface area contributed by atoms with Gasteiger partial charge in [-0.05, 0) is 69.0 Å². The second-order valence-corrected chi connectivity index (χ2v) is 7.62. The predicted molar refractivity (Wildman–Crippen MR) is 117 cm³/mol. The standard InChI is InChI=1S/C24H27N3O4/c1-15-11-18(12-19(13-25)23(28)26-14-20-7-6-10-31-20)17(3)27(15)22-9-5-8-21(16(22)2)24(29)30-4/h5,8-9,11-12,20H,6-7,10,14H2,1-4H3,(H,26,28). The molecule has 0 radical (unpaired) electrons. The van der Waals surface area contributed by atoms with Crippen molar-refractivity contribution < 1.29 is 19.1 Å². The van der Waals surface area contributed by atoms with Gasteiger partial charge in [0, 0.05) is 30.2 Å². The van der Waals surface area contributed by atoms with Gasteiger partial charge in [-0.25, -0.2) is 4.79 Å². The third kappa shape index (κ3) is 4.70. The first-order valence-corrected chi connectivity index (χ1v) is 10.3. The molecule has 0 saturated carbocycles. The molecule has 1 amide bonds. The first-order chi connectivity index (χ1) is 14.9. The summed E-state index contributed by atoms with van der Waals surface area (Å²) >= 11 is 0. The Balaban J connectivity index is 1.91. The number of carbonyl (C=O) groups excluding carboxylic acids is 2. The fourth-order valence-corrected chi connectivity index (χ4v) is 3.91. The Kier molecular flexibility index (Phi) is 6.93. The summed E-state index contributed by atoms with van der Waals surface area (Å²) in [5, 5.41) is 12.3. The molecule has 7 nitrogen and oxygen atoms in total. The maximum atomic E-state index is 12.5. The lowest BCUT2D eigenvalue weighted by molar-refractivity contribution is -0.117. The van der Waals surface area contributed by atoms with Crippen LogP contribution in [0.4, 0.5) is 0 Å². The zero-order valence-electron chi connectivity index (χ0n) is 18.3. The molecule has 31 heavy (non-hydrogen) atoms. The second-order valence-electron chi connectivity index (χ2n) is 7.62. The van der Waals surface area contributed by atoms with E-state index in [-0.39, 0.29) is 11.7 Å². The SMILES string of the molecule is COC(=O)c1cccc(-n2c(C)cc(C=C(C#N)C(=O)NCC3CCCO3)c2C)c1C. The first kappa shape index (κ1) is 22.3. The third-order valence-corrected chi connectivity index (χ3v) is 5.60. The molecule has 1 aliphatic heterocycles. The van der Waals surface area contributed by atoms with Crippen molar-refractivity contribution in [3.8, 4) is 11.8 Å². The minimum absolute atomic E-state index is 0.0130. The van der Waals surface area contributed by atoms with E-state index in [1.807, 2.05) is 49.6 Å². The van der Waals surface area contributed by atoms with Crippen LogP contribution in [0.3, 0.4) is 0 Å². The van der Waals surface area contributed by atoms with Gasteiger partial charge in [-0.3, -0.25) is 4.79 Å². The average Bonchev–Trinajstić information content (AvgIpc) is 3.38. The van der Waals surface area contributed by atoms with Crippen LogP contribution >= 0.6 is 0 Å². The number of ether oxygens (including phenoxy) is 2. The lowest BCUT2D eigenvalue weighted by atomic mass is 10.1. The number of esters is 1. The zero-order valence-corrected chi connectivity index (χ0v) is 18.3. The highest BCUT2D eigenvalue weighted by atomic mass is 16.5. The number of rotatable bonds is 6. The molecule has 1 atom stereocenters. The van der Waals surface area contributed by atoms with Crippen LogP contribution in [0.2, 0.25) is 0 Å². The molecule has 3 rings (SSSR count). The zero-order chi connectivity index (χ0) is 22.5. The first-order valence-electron chi connectivity index (χ1n) is 10.3. The molecule has 7 heteroatoms. The number of amides is 1. The summed E-state index contributed by atoms with van der Waals surface area (Å²) in [6.07, 6.45) is 3.52. The van der Waals surface area contributed by atoms with Crippen LogP contribution in [0.25, 0.3) is 11.8 Å². The topological polar surface area (TPSA) is 93.4 Å². The lowest BCUT2D eigenvalue weighted by Crippen LogP contribution is -2.32. The van der Waals surface area contributed by atoms with Crippen molar-refractivity contribution in [3.63, 3.8) is 0 Å². The maximum Gasteiger partial charge on any atom is 0.338 e. The lowest BCUT2D eigenvalue weighted by Gasteiger charge is -2.15. The van der Waals surface area contributed by atoms with E-state index < -0.39 is 11.9 Å². The van der Waals surface area contributed by atoms with E-state index in [4.69, 9.17) is 9.47 Å². The summed E-state index contributed by atoms with van der Waals surface area (Å²) < 4.78 is 12.4. The molecule has 1 aliphatic rings. The summed E-state index contributed by atoms with van der Waals surface area (Å²) in [5.74, 6) is -0.803. The van der Waals surface area contributed by atoms with Crippen LogP contribution in [0, 0.1) is 32.1 Å². The van der Waals surface area contributed by atoms with Gasteiger partial charge in [0.2, 0.25) is 0 Å². The molecule has 1 aromatic carbocycles. The Hall–Kier alpha value is -3.37. The number of carbonyl (C=O) groups is 2. The van der Waals surface area contributed by atoms with E-state index in [1.54, 1.807) is 12.1 Å². The Morgan fingerprint density at radius 1 is 1.35 bits per heavy atom. The number of hydrogen-bond acceptors (Lipinski definition) is 5. The van der Waals surface area contributed by atoms with Gasteiger partial charge >= 0.3 is 5.97 Å². The number of aromatic nitrogens is 1. The van der Waals surface area contributed by atoms with E-state index >= 15 is 0 Å². The van der Waals surface area contributed by atoms with Crippen molar-refractivity contribution in [3.05, 3.63) is 57.9 Å². The van der Waals surface area contributed by atoms with Crippen molar-refractivity contribution in [1.82, 2.24) is 9.88 Å². The summed E-state index contributed by atoms with van der Waals surface area (Å²) in [5.41, 5.74) is 4.73. The molecule has 1 unspecified atom stereocenters. The Morgan fingerprint density at radius 3 is 2.77 bits per heavy atom. The van der Waals surface area contributed by atoms with Crippen molar-refractivity contribution in [2.45, 2.75) is 39.7 Å². The third-order valence-electron chi connectivity index (χ3n) is 5.60. The molecule has 1 N–H and O–H groups in total. The molecule has 162 valence electrons. The van der Waals surface area contributed by atoms with Crippen molar-refractivity contribution in [2.75, 3.05) is 20.3 Å². The average molecular weight is 421 g/mol. The number of nitrogens with zero attached hydrogens (tertiary/aromatic N) is 2. The van der Waals surface area contributed by atoms with Gasteiger partial charge in [0.1, 0.15) is 11.6 Å². The van der Waals surface area contributed by atoms with Crippen LogP contribution < -0.4 is 5.32 Å². The van der Waals surface area contributed by atoms with Gasteiger partial charge in [-0.2, -0.15) is 5.26 Å². The normalized spacial score (nSPS) is 16.1. The van der Waals surface area contributed by atoms with Crippen LogP contribution in [-0.4, -0.2) is 42.8 Å². The quantitative estimate of drug-likeness (QED) is 0.438. The molecule has 0 bridgehead atoms. The van der Waals surface area contributed by atoms with Gasteiger partial charge in [-0.1, -0.05) is 6.07 Å². The number of aryl methyl sites for hydroxylation is 1. The van der Waals surface area contributed by atoms with E-state index in [9.17, 15) is 14.9 Å². The van der Waals surface area contributed by atoms with Gasteiger partial charge in [0.25, 0.3) is 5.91 Å². The highest BCUT2D eigenvalue weighted by Crippen LogP contribution is 2.26. The van der Waals surface area contributed by atoms with Crippen LogP contribution in [0.5, 0.6) is 0 Å². The van der Waals surface area contributed by atoms with Crippen molar-refractivity contribution in [2.24, 2.45) is 0 Å². The molecule has 1 saturated heterocycles. The van der Waals surface area contributed by atoms with E-state index in [0.29, 0.717) is 18.7 Å². The van der Waals surface area contributed by atoms with Crippen LogP contribution in [0.15, 0.2) is 29.8 Å². The van der Waals surface area contributed by atoms with E-state index in [2.05, 4.69) is 5.32 Å². The van der Waals surface area contributed by atoms with Gasteiger partial charge in [0.05, 0.1) is 18.8 Å². The van der Waals surface area contributed by atoms with Gasteiger partial charge in [0.15, 0.2) is 0 Å². The van der Waals surface area contributed by atoms with Gasteiger partial charge < -0.3 is 19.4 Å². The van der Waals surface area contributed by atoms with E-state index in [1.165, 1.54) is 7.11 Å². The Morgan fingerprint density at radius 2 is 2.13 bits per heavy atom. The molecule has 2 aromatic rings. The highest BCUT2D eigenvalue weighted by Gasteiger charge is 2.19. The summed E-state index contributed by atoms with van der Waals surface area (Å²) in [4.78, 5) is 24.6. The molecule has 0 spiro atoms. The molecule has 1 aromatic heterocycles. The smallest absolute Gasteiger partial charge is 0.338 e. The molecular formula is C24H27N3O4. The Bertz CT molecular complexity index is 1070. The predicted octanol–water partition coefficient (Wildman–Crippen LogP) is 3.39. The summed E-state index contributed by atoms with van der Waals surface area (Å²) in [6.45, 7) is 6.84. The minimum Gasteiger partial charge on any atom is -0.465 e. The number of hydrogen-bond donors (Lipinski definition) is 1. The monoisotopic (exact) mass is 421 g/mol.